The van der Waals surface area contributed by atoms with Gasteiger partial charge in [-0.15, -0.1) is 0 Å². The highest BCUT2D eigenvalue weighted by molar-refractivity contribution is 6.19. The molecule has 4 heteroatoms. The Balaban J connectivity index is 1.08. The van der Waals surface area contributed by atoms with E-state index in [0.29, 0.717) is 0 Å². The van der Waals surface area contributed by atoms with Crippen LogP contribution in [0, 0.1) is 0 Å². The summed E-state index contributed by atoms with van der Waals surface area (Å²) >= 11 is 0. The molecule has 270 valence electrons. The van der Waals surface area contributed by atoms with Gasteiger partial charge in [0.1, 0.15) is 33.5 Å². The van der Waals surface area contributed by atoms with Gasteiger partial charge in [-0.3, -0.25) is 0 Å². The average Bonchev–Trinajstić information content (AvgIpc) is 4.05. The highest BCUT2D eigenvalue weighted by atomic mass is 16.3. The summed E-state index contributed by atoms with van der Waals surface area (Å²) in [6, 6.07) is 66.8. The number of rotatable bonds is 4. The van der Waals surface area contributed by atoms with E-state index in [0.717, 1.165) is 116 Å². The first kappa shape index (κ1) is 31.4. The first-order valence-corrected chi connectivity index (χ1v) is 19.7. The molecule has 0 radical (unpaired) electrons. The smallest absolute Gasteiger partial charge is 0.143 e. The highest BCUT2D eigenvalue weighted by Gasteiger charge is 2.21. The number of furan rings is 3. The monoisotopic (exact) mass is 741 g/mol. The van der Waals surface area contributed by atoms with Gasteiger partial charge in [0.05, 0.1) is 11.0 Å². The van der Waals surface area contributed by atoms with Crippen LogP contribution in [0.3, 0.4) is 0 Å². The maximum Gasteiger partial charge on any atom is 0.143 e. The number of hydrogen-bond donors (Lipinski definition) is 0. The van der Waals surface area contributed by atoms with Gasteiger partial charge in [0.25, 0.3) is 0 Å². The Bertz CT molecular complexity index is 3630. The van der Waals surface area contributed by atoms with Gasteiger partial charge in [0.15, 0.2) is 0 Å². The summed E-state index contributed by atoms with van der Waals surface area (Å²) in [6.07, 6.45) is 0. The molecule has 0 N–H and O–H groups in total. The molecule has 0 aliphatic heterocycles. The first-order chi connectivity index (χ1) is 28.7. The van der Waals surface area contributed by atoms with Crippen molar-refractivity contribution in [3.63, 3.8) is 0 Å². The topological polar surface area (TPSA) is 44.4 Å². The standard InChI is InChI=1S/C54H31NO3/c1-6-21-49-39(10-1)44-18-9-15-38(54(44)58-49)32-22-26-35(27-23-32)55-52-36(33-24-28-50-45(30-33)40-11-2-4-19-47(40)56-50)13-7-16-42(52)43-17-8-14-37(53(43)55)34-25-29-51-46(31-34)41-12-3-5-20-48(41)57-51/h1-31H. The zero-order valence-electron chi connectivity index (χ0n) is 31.1. The number of para-hydroxylation sites is 6. The number of aromatic nitrogens is 1. The molecular formula is C54H31NO3. The number of nitrogens with zero attached hydrogens (tertiary/aromatic N) is 1. The molecule has 0 fully saturated rings. The van der Waals surface area contributed by atoms with Gasteiger partial charge in [-0.25, -0.2) is 0 Å². The number of benzene rings is 9. The Morgan fingerprint density at radius 1 is 0.276 bits per heavy atom. The van der Waals surface area contributed by atoms with Crippen molar-refractivity contribution in [3.05, 3.63) is 188 Å². The highest BCUT2D eigenvalue weighted by Crippen LogP contribution is 2.44. The van der Waals surface area contributed by atoms with Crippen molar-refractivity contribution < 1.29 is 13.3 Å². The van der Waals surface area contributed by atoms with Crippen LogP contribution in [0.5, 0.6) is 0 Å². The molecule has 0 saturated heterocycles. The van der Waals surface area contributed by atoms with Crippen molar-refractivity contribution in [2.45, 2.75) is 0 Å². The van der Waals surface area contributed by atoms with Crippen molar-refractivity contribution in [2.75, 3.05) is 0 Å². The van der Waals surface area contributed by atoms with Crippen molar-refractivity contribution in [2.24, 2.45) is 0 Å². The lowest BCUT2D eigenvalue weighted by atomic mass is 9.98. The third-order valence-electron chi connectivity index (χ3n) is 12.0. The van der Waals surface area contributed by atoms with Crippen molar-refractivity contribution >= 4 is 87.6 Å². The van der Waals surface area contributed by atoms with E-state index in [4.69, 9.17) is 13.3 Å². The Morgan fingerprint density at radius 3 is 1.24 bits per heavy atom. The fourth-order valence-corrected chi connectivity index (χ4v) is 9.39. The van der Waals surface area contributed by atoms with Crippen LogP contribution in [0.2, 0.25) is 0 Å². The second-order valence-electron chi connectivity index (χ2n) is 15.2. The predicted octanol–water partition coefficient (Wildman–Crippen LogP) is 15.5. The maximum atomic E-state index is 6.47. The van der Waals surface area contributed by atoms with E-state index >= 15 is 0 Å². The van der Waals surface area contributed by atoms with Crippen LogP contribution < -0.4 is 0 Å². The third kappa shape index (κ3) is 4.45. The van der Waals surface area contributed by atoms with Crippen LogP contribution in [-0.2, 0) is 0 Å². The average molecular weight is 742 g/mol. The van der Waals surface area contributed by atoms with Gasteiger partial charge in [-0.2, -0.15) is 0 Å². The molecular weight excluding hydrogens is 711 g/mol. The lowest BCUT2D eigenvalue weighted by Gasteiger charge is -2.15. The van der Waals surface area contributed by atoms with Gasteiger partial charge in [-0.1, -0.05) is 133 Å². The predicted molar refractivity (Wildman–Crippen MR) is 239 cm³/mol. The molecule has 0 unspecified atom stereocenters. The zero-order chi connectivity index (χ0) is 37.9. The Morgan fingerprint density at radius 2 is 0.690 bits per heavy atom. The quantitative estimate of drug-likeness (QED) is 0.180. The minimum absolute atomic E-state index is 0.886. The van der Waals surface area contributed by atoms with Crippen LogP contribution in [-0.4, -0.2) is 4.57 Å². The fourth-order valence-electron chi connectivity index (χ4n) is 9.39. The third-order valence-corrected chi connectivity index (χ3v) is 12.0. The van der Waals surface area contributed by atoms with Crippen LogP contribution in [0.25, 0.3) is 127 Å². The van der Waals surface area contributed by atoms with Gasteiger partial charge < -0.3 is 17.8 Å². The number of fused-ring (bicyclic) bond motifs is 12. The summed E-state index contributed by atoms with van der Waals surface area (Å²) in [5.41, 5.74) is 15.5. The van der Waals surface area contributed by atoms with E-state index in [1.165, 1.54) is 10.8 Å². The Hall–Kier alpha value is -7.82. The molecule has 13 rings (SSSR count). The van der Waals surface area contributed by atoms with E-state index in [-0.39, 0.29) is 0 Å². The van der Waals surface area contributed by atoms with Crippen molar-refractivity contribution in [3.8, 4) is 39.1 Å². The summed E-state index contributed by atoms with van der Waals surface area (Å²) < 4.78 is 21.5. The molecule has 4 heterocycles. The first-order valence-electron chi connectivity index (χ1n) is 19.7. The van der Waals surface area contributed by atoms with Gasteiger partial charge in [0, 0.05) is 65.5 Å². The molecule has 0 aliphatic rings. The summed E-state index contributed by atoms with van der Waals surface area (Å²) in [6.45, 7) is 0. The van der Waals surface area contributed by atoms with Crippen LogP contribution >= 0.6 is 0 Å². The molecule has 58 heavy (non-hydrogen) atoms. The van der Waals surface area contributed by atoms with Gasteiger partial charge in [-0.05, 0) is 71.3 Å². The van der Waals surface area contributed by atoms with Crippen molar-refractivity contribution in [1.29, 1.82) is 0 Å². The summed E-state index contributed by atoms with van der Waals surface area (Å²) in [5, 5.41) is 9.09. The molecule has 0 amide bonds. The Labute approximate surface area is 331 Å². The number of hydrogen-bond acceptors (Lipinski definition) is 3. The van der Waals surface area contributed by atoms with E-state index in [1.807, 2.05) is 36.4 Å². The molecule has 0 atom stereocenters. The van der Waals surface area contributed by atoms with Gasteiger partial charge in [0.2, 0.25) is 0 Å². The van der Waals surface area contributed by atoms with E-state index in [1.54, 1.807) is 0 Å². The SMILES string of the molecule is c1ccc2c(c1)oc1ccc(-c3cccc4c5cccc(-c6ccc7oc8ccccc8c7c6)c5n(-c5ccc(-c6cccc7c6oc6ccccc67)cc5)c34)cc12. The normalized spacial score (nSPS) is 12.1. The van der Waals surface area contributed by atoms with E-state index in [9.17, 15) is 0 Å². The summed E-state index contributed by atoms with van der Waals surface area (Å²) in [4.78, 5) is 0. The van der Waals surface area contributed by atoms with Crippen LogP contribution in [0.4, 0.5) is 0 Å². The minimum atomic E-state index is 0.886. The summed E-state index contributed by atoms with van der Waals surface area (Å²) in [5.74, 6) is 0. The molecule has 4 aromatic heterocycles. The molecule has 13 aromatic rings. The van der Waals surface area contributed by atoms with E-state index < -0.39 is 0 Å². The molecule has 0 spiro atoms. The second-order valence-corrected chi connectivity index (χ2v) is 15.2. The van der Waals surface area contributed by atoms with Crippen LogP contribution in [0.1, 0.15) is 0 Å². The zero-order valence-corrected chi connectivity index (χ0v) is 31.1. The molecule has 0 saturated carbocycles. The van der Waals surface area contributed by atoms with Gasteiger partial charge >= 0.3 is 0 Å². The lowest BCUT2D eigenvalue weighted by molar-refractivity contribution is 0.668. The Kier molecular flexibility index (Phi) is 6.41. The molecule has 4 nitrogen and oxygen atoms in total. The molecule has 0 bridgehead atoms. The molecule has 0 aliphatic carbocycles. The van der Waals surface area contributed by atoms with E-state index in [2.05, 4.69) is 156 Å². The maximum absolute atomic E-state index is 6.47. The fraction of sp³-hybridized carbons (Fsp3) is 0. The second kappa shape index (κ2) is 11.8. The lowest BCUT2D eigenvalue weighted by Crippen LogP contribution is -1.97. The van der Waals surface area contributed by atoms with Crippen molar-refractivity contribution in [1.82, 2.24) is 4.57 Å². The minimum Gasteiger partial charge on any atom is -0.456 e. The largest absolute Gasteiger partial charge is 0.456 e. The molecule has 9 aromatic carbocycles. The van der Waals surface area contributed by atoms with Crippen LogP contribution in [0.15, 0.2) is 201 Å². The summed E-state index contributed by atoms with van der Waals surface area (Å²) in [7, 11) is 0.